The number of aryl methyl sites for hydroxylation is 1. The van der Waals surface area contributed by atoms with Crippen molar-refractivity contribution in [1.29, 1.82) is 0 Å². The van der Waals surface area contributed by atoms with Crippen LogP contribution in [0.4, 0.5) is 11.4 Å². The third-order valence-corrected chi connectivity index (χ3v) is 3.75. The van der Waals surface area contributed by atoms with Gasteiger partial charge in [-0.25, -0.2) is 0 Å². The average Bonchev–Trinajstić information content (AvgIpc) is 2.78. The van der Waals surface area contributed by atoms with Crippen LogP contribution < -0.4 is 0 Å². The Kier molecular flexibility index (Phi) is 3.67. The summed E-state index contributed by atoms with van der Waals surface area (Å²) in [6, 6.07) is 15.8. The van der Waals surface area contributed by atoms with Gasteiger partial charge in [0.05, 0.1) is 11.2 Å². The summed E-state index contributed by atoms with van der Waals surface area (Å²) in [7, 11) is 0. The highest BCUT2D eigenvalue weighted by molar-refractivity contribution is 5.95. The number of benzene rings is 2. The summed E-state index contributed by atoms with van der Waals surface area (Å²) in [5, 5.41) is 20.1. The van der Waals surface area contributed by atoms with Crippen LogP contribution in [-0.2, 0) is 0 Å². The van der Waals surface area contributed by atoms with E-state index >= 15 is 0 Å². The van der Waals surface area contributed by atoms with Crippen LogP contribution in [0.2, 0.25) is 0 Å². The number of rotatable bonds is 3. The van der Waals surface area contributed by atoms with Gasteiger partial charge in [0.2, 0.25) is 5.88 Å². The van der Waals surface area contributed by atoms with E-state index in [9.17, 15) is 5.11 Å². The van der Waals surface area contributed by atoms with Crippen LogP contribution in [0.25, 0.3) is 10.9 Å². The lowest BCUT2D eigenvalue weighted by Gasteiger charge is -2.10. The summed E-state index contributed by atoms with van der Waals surface area (Å²) in [5.74, 6) is 0.161. The summed E-state index contributed by atoms with van der Waals surface area (Å²) in [5.41, 5.74) is 3.35. The largest absolute Gasteiger partial charge is 0.493 e. The fourth-order valence-corrected chi connectivity index (χ4v) is 2.63. The smallest absolute Gasteiger partial charge is 0.221 e. The van der Waals surface area contributed by atoms with Gasteiger partial charge in [0.25, 0.3) is 0 Å². The first-order chi connectivity index (χ1) is 10.6. The minimum Gasteiger partial charge on any atom is -0.493 e. The highest BCUT2D eigenvalue weighted by Crippen LogP contribution is 2.41. The number of nitrogens with zero attached hydrogens (tertiary/aromatic N) is 3. The second kappa shape index (κ2) is 5.64. The number of hydrogen-bond acceptors (Lipinski definition) is 3. The van der Waals surface area contributed by atoms with Gasteiger partial charge in [-0.05, 0) is 38.5 Å². The molecule has 112 valence electrons. The predicted octanol–water partition coefficient (Wildman–Crippen LogP) is 5.65. The molecule has 1 aromatic heterocycles. The molecule has 0 saturated carbocycles. The van der Waals surface area contributed by atoms with E-state index in [4.69, 9.17) is 0 Å². The fraction of sp³-hybridized carbons (Fsp3) is 0.222. The number of aromatic hydroxyl groups is 1. The van der Waals surface area contributed by atoms with Gasteiger partial charge in [0, 0.05) is 11.4 Å². The van der Waals surface area contributed by atoms with E-state index in [0.29, 0.717) is 5.69 Å². The van der Waals surface area contributed by atoms with Gasteiger partial charge in [0.1, 0.15) is 0 Å². The Morgan fingerprint density at radius 2 is 1.64 bits per heavy atom. The summed E-state index contributed by atoms with van der Waals surface area (Å²) in [6.45, 7) is 6.06. The van der Waals surface area contributed by atoms with Gasteiger partial charge in [-0.2, -0.15) is 5.11 Å². The third-order valence-electron chi connectivity index (χ3n) is 3.75. The van der Waals surface area contributed by atoms with Crippen molar-refractivity contribution in [1.82, 2.24) is 4.57 Å². The van der Waals surface area contributed by atoms with Gasteiger partial charge in [-0.1, -0.05) is 36.4 Å². The molecule has 0 bridgehead atoms. The normalized spacial score (nSPS) is 11.8. The zero-order valence-electron chi connectivity index (χ0n) is 13.0. The maximum atomic E-state index is 10.5. The lowest BCUT2D eigenvalue weighted by molar-refractivity contribution is 0.407. The van der Waals surface area contributed by atoms with Crippen LogP contribution in [0.5, 0.6) is 5.88 Å². The van der Waals surface area contributed by atoms with Crippen molar-refractivity contribution in [3.8, 4) is 5.88 Å². The summed E-state index contributed by atoms with van der Waals surface area (Å²) < 4.78 is 1.88. The molecule has 4 nitrogen and oxygen atoms in total. The molecule has 0 radical (unpaired) electrons. The first kappa shape index (κ1) is 14.3. The van der Waals surface area contributed by atoms with Crippen LogP contribution in [-0.4, -0.2) is 9.67 Å². The van der Waals surface area contributed by atoms with Gasteiger partial charge >= 0.3 is 0 Å². The van der Waals surface area contributed by atoms with E-state index < -0.39 is 0 Å². The second-order valence-electron chi connectivity index (χ2n) is 5.64. The van der Waals surface area contributed by atoms with Crippen LogP contribution in [0.3, 0.4) is 0 Å². The van der Waals surface area contributed by atoms with Crippen molar-refractivity contribution in [3.63, 3.8) is 0 Å². The van der Waals surface area contributed by atoms with Crippen molar-refractivity contribution in [3.05, 3.63) is 54.1 Å². The Morgan fingerprint density at radius 1 is 0.955 bits per heavy atom. The van der Waals surface area contributed by atoms with Crippen molar-refractivity contribution < 1.29 is 5.11 Å². The summed E-state index contributed by atoms with van der Waals surface area (Å²) >= 11 is 0. The van der Waals surface area contributed by atoms with E-state index in [1.807, 2.05) is 73.9 Å². The Balaban J connectivity index is 2.16. The predicted molar refractivity (Wildman–Crippen MR) is 89.3 cm³/mol. The first-order valence-corrected chi connectivity index (χ1v) is 7.39. The molecule has 0 unspecified atom stereocenters. The minimum absolute atomic E-state index is 0.146. The van der Waals surface area contributed by atoms with E-state index in [0.717, 1.165) is 22.2 Å². The number of aromatic nitrogens is 1. The van der Waals surface area contributed by atoms with E-state index in [2.05, 4.69) is 10.2 Å². The van der Waals surface area contributed by atoms with E-state index in [-0.39, 0.29) is 11.9 Å². The fourth-order valence-electron chi connectivity index (χ4n) is 2.63. The molecule has 0 aliphatic heterocycles. The Hall–Kier alpha value is -2.62. The Bertz CT molecular complexity index is 847. The molecular weight excluding hydrogens is 274 g/mol. The number of hydrogen-bond donors (Lipinski definition) is 1. The molecule has 3 aromatic rings. The van der Waals surface area contributed by atoms with Crippen LogP contribution in [0.1, 0.15) is 25.5 Å². The van der Waals surface area contributed by atoms with Crippen LogP contribution >= 0.6 is 0 Å². The highest BCUT2D eigenvalue weighted by atomic mass is 16.3. The van der Waals surface area contributed by atoms with Crippen molar-refractivity contribution in [2.45, 2.75) is 26.8 Å². The molecule has 4 heteroatoms. The van der Waals surface area contributed by atoms with Crippen molar-refractivity contribution in [2.75, 3.05) is 0 Å². The molecule has 22 heavy (non-hydrogen) atoms. The topological polar surface area (TPSA) is 49.9 Å². The SMILES string of the molecule is Cc1ccccc1N=Nc1c(O)n(C(C)C)c2ccccc12. The highest BCUT2D eigenvalue weighted by Gasteiger charge is 2.17. The molecule has 0 saturated heterocycles. The molecule has 0 aliphatic carbocycles. The summed E-state index contributed by atoms with van der Waals surface area (Å²) in [4.78, 5) is 0. The molecule has 0 amide bonds. The monoisotopic (exact) mass is 293 g/mol. The molecule has 0 aliphatic rings. The molecule has 0 atom stereocenters. The minimum atomic E-state index is 0.146. The molecule has 3 rings (SSSR count). The Labute approximate surface area is 129 Å². The van der Waals surface area contributed by atoms with Crippen LogP contribution in [0.15, 0.2) is 58.8 Å². The van der Waals surface area contributed by atoms with Gasteiger partial charge < -0.3 is 9.67 Å². The maximum absolute atomic E-state index is 10.5. The average molecular weight is 293 g/mol. The molecule has 1 N–H and O–H groups in total. The third kappa shape index (κ3) is 2.37. The van der Waals surface area contributed by atoms with E-state index in [1.54, 1.807) is 0 Å². The standard InChI is InChI=1S/C18H19N3O/c1-12(2)21-16-11-7-5-9-14(16)17(18(21)22)20-19-15-10-6-4-8-13(15)3/h4-12,22H,1-3H3. The molecule has 0 fully saturated rings. The quantitative estimate of drug-likeness (QED) is 0.623. The lowest BCUT2D eigenvalue weighted by atomic mass is 10.2. The Morgan fingerprint density at radius 3 is 2.36 bits per heavy atom. The molecule has 2 aromatic carbocycles. The number of fused-ring (bicyclic) bond motifs is 1. The zero-order chi connectivity index (χ0) is 15.7. The van der Waals surface area contributed by atoms with Crippen molar-refractivity contribution in [2.24, 2.45) is 10.2 Å². The zero-order valence-corrected chi connectivity index (χ0v) is 13.0. The number of para-hydroxylation sites is 1. The first-order valence-electron chi connectivity index (χ1n) is 7.39. The number of azo groups is 1. The van der Waals surface area contributed by atoms with E-state index in [1.165, 1.54) is 0 Å². The summed E-state index contributed by atoms with van der Waals surface area (Å²) in [6.07, 6.45) is 0. The van der Waals surface area contributed by atoms with Gasteiger partial charge in [-0.3, -0.25) is 0 Å². The molecule has 0 spiro atoms. The molecular formula is C18H19N3O. The van der Waals surface area contributed by atoms with Crippen molar-refractivity contribution >= 4 is 22.3 Å². The second-order valence-corrected chi connectivity index (χ2v) is 5.64. The van der Waals surface area contributed by atoms with Gasteiger partial charge in [0.15, 0.2) is 5.69 Å². The van der Waals surface area contributed by atoms with Gasteiger partial charge in [-0.15, -0.1) is 5.11 Å². The van der Waals surface area contributed by atoms with Crippen LogP contribution in [0, 0.1) is 6.92 Å². The maximum Gasteiger partial charge on any atom is 0.221 e. The molecule has 1 heterocycles. The lowest BCUT2D eigenvalue weighted by Crippen LogP contribution is -1.98.